The highest BCUT2D eigenvalue weighted by molar-refractivity contribution is 5.85. The number of likely N-dealkylation sites (tertiary alicyclic amines) is 1. The maximum Gasteiger partial charge on any atom is 0.223 e. The van der Waals surface area contributed by atoms with Crippen LogP contribution >= 0.6 is 12.4 Å². The average Bonchev–Trinajstić information content (AvgIpc) is 3.11. The first kappa shape index (κ1) is 18.3. The van der Waals surface area contributed by atoms with Gasteiger partial charge in [0.2, 0.25) is 5.91 Å². The lowest BCUT2D eigenvalue weighted by molar-refractivity contribution is -0.126. The zero-order chi connectivity index (χ0) is 15.2. The van der Waals surface area contributed by atoms with Crippen molar-refractivity contribution in [2.75, 3.05) is 32.7 Å². The number of rotatable bonds is 5. The van der Waals surface area contributed by atoms with Crippen molar-refractivity contribution in [3.8, 4) is 0 Å². The van der Waals surface area contributed by atoms with E-state index in [0.717, 1.165) is 44.8 Å². The van der Waals surface area contributed by atoms with E-state index in [2.05, 4.69) is 15.5 Å². The summed E-state index contributed by atoms with van der Waals surface area (Å²) in [6, 6.07) is 4.12. The molecule has 3 rings (SSSR count). The van der Waals surface area contributed by atoms with E-state index in [9.17, 15) is 4.79 Å². The maximum atomic E-state index is 12.4. The van der Waals surface area contributed by atoms with Crippen LogP contribution in [0.5, 0.6) is 0 Å². The van der Waals surface area contributed by atoms with Crippen LogP contribution in [0.4, 0.5) is 0 Å². The molecule has 1 aromatic rings. The number of nitrogens with one attached hydrogen (secondary N) is 2. The molecule has 2 aliphatic heterocycles. The van der Waals surface area contributed by atoms with E-state index in [1.807, 2.05) is 12.1 Å². The first-order chi connectivity index (χ1) is 10.8. The summed E-state index contributed by atoms with van der Waals surface area (Å²) in [5.41, 5.74) is 0. The van der Waals surface area contributed by atoms with Gasteiger partial charge in [0.15, 0.2) is 0 Å². The SMILES string of the molecule is Cl.O=C(NCC(c1ccco1)N1CCCCC1)C1CCNCC1. The zero-order valence-electron chi connectivity index (χ0n) is 13.6. The Labute approximate surface area is 144 Å². The molecule has 0 saturated carbocycles. The van der Waals surface area contributed by atoms with E-state index in [1.165, 1.54) is 19.3 Å². The summed E-state index contributed by atoms with van der Waals surface area (Å²) in [4.78, 5) is 14.8. The summed E-state index contributed by atoms with van der Waals surface area (Å²) in [5.74, 6) is 1.34. The predicted molar refractivity (Wildman–Crippen MR) is 92.7 cm³/mol. The molecule has 1 amide bonds. The van der Waals surface area contributed by atoms with Crippen LogP contribution in [0.1, 0.15) is 43.9 Å². The van der Waals surface area contributed by atoms with Crippen LogP contribution in [0.2, 0.25) is 0 Å². The van der Waals surface area contributed by atoms with Gasteiger partial charge >= 0.3 is 0 Å². The summed E-state index contributed by atoms with van der Waals surface area (Å²) < 4.78 is 5.62. The van der Waals surface area contributed by atoms with Gasteiger partial charge in [0.1, 0.15) is 5.76 Å². The second-order valence-electron chi connectivity index (χ2n) is 6.40. The fourth-order valence-corrected chi connectivity index (χ4v) is 3.55. The molecule has 0 bridgehead atoms. The Morgan fingerprint density at radius 2 is 2.04 bits per heavy atom. The molecule has 0 radical (unpaired) electrons. The van der Waals surface area contributed by atoms with Gasteiger partial charge in [-0.2, -0.15) is 0 Å². The molecule has 23 heavy (non-hydrogen) atoms. The lowest BCUT2D eigenvalue weighted by Crippen LogP contribution is -2.43. The highest BCUT2D eigenvalue weighted by Crippen LogP contribution is 2.24. The number of hydrogen-bond acceptors (Lipinski definition) is 4. The number of halogens is 1. The number of nitrogens with zero attached hydrogens (tertiary/aromatic N) is 1. The Morgan fingerprint density at radius 1 is 1.30 bits per heavy atom. The molecule has 1 unspecified atom stereocenters. The first-order valence-corrected chi connectivity index (χ1v) is 8.60. The minimum absolute atomic E-state index is 0. The number of amides is 1. The van der Waals surface area contributed by atoms with E-state index in [-0.39, 0.29) is 30.3 Å². The van der Waals surface area contributed by atoms with Gasteiger partial charge in [0.05, 0.1) is 12.3 Å². The molecule has 5 nitrogen and oxygen atoms in total. The monoisotopic (exact) mass is 341 g/mol. The van der Waals surface area contributed by atoms with Crippen LogP contribution in [-0.2, 0) is 4.79 Å². The van der Waals surface area contributed by atoms with Crippen molar-refractivity contribution in [3.05, 3.63) is 24.2 Å². The second-order valence-corrected chi connectivity index (χ2v) is 6.40. The molecule has 2 fully saturated rings. The third-order valence-electron chi connectivity index (χ3n) is 4.88. The number of carbonyl (C=O) groups is 1. The molecule has 0 aromatic carbocycles. The number of piperidine rings is 2. The van der Waals surface area contributed by atoms with Gasteiger partial charge in [-0.1, -0.05) is 6.42 Å². The molecule has 6 heteroatoms. The largest absolute Gasteiger partial charge is 0.468 e. The quantitative estimate of drug-likeness (QED) is 0.863. The van der Waals surface area contributed by atoms with Crippen LogP contribution in [0.3, 0.4) is 0 Å². The van der Waals surface area contributed by atoms with Gasteiger partial charge in [0, 0.05) is 12.5 Å². The third kappa shape index (κ3) is 4.96. The van der Waals surface area contributed by atoms with Gasteiger partial charge < -0.3 is 15.1 Å². The van der Waals surface area contributed by atoms with Crippen molar-refractivity contribution in [2.24, 2.45) is 5.92 Å². The second kappa shape index (κ2) is 9.30. The fourth-order valence-electron chi connectivity index (χ4n) is 3.55. The minimum Gasteiger partial charge on any atom is -0.468 e. The standard InChI is InChI=1S/C17H27N3O2.ClH/c21-17(14-6-8-18-9-7-14)19-13-15(16-5-4-12-22-16)20-10-2-1-3-11-20;/h4-5,12,14-15,18H,1-3,6-11,13H2,(H,19,21);1H. The molecule has 2 saturated heterocycles. The van der Waals surface area contributed by atoms with Crippen LogP contribution in [-0.4, -0.2) is 43.5 Å². The maximum absolute atomic E-state index is 12.4. The van der Waals surface area contributed by atoms with Gasteiger partial charge in [-0.25, -0.2) is 0 Å². The Hall–Kier alpha value is -1.04. The normalized spacial score (nSPS) is 21.4. The van der Waals surface area contributed by atoms with E-state index in [1.54, 1.807) is 6.26 Å². The Bertz CT molecular complexity index is 454. The van der Waals surface area contributed by atoms with Gasteiger partial charge in [-0.15, -0.1) is 12.4 Å². The van der Waals surface area contributed by atoms with E-state index in [4.69, 9.17) is 4.42 Å². The zero-order valence-corrected chi connectivity index (χ0v) is 14.4. The molecule has 3 heterocycles. The lowest BCUT2D eigenvalue weighted by atomic mass is 9.97. The number of carbonyl (C=O) groups excluding carboxylic acids is 1. The summed E-state index contributed by atoms with van der Waals surface area (Å²) in [5, 5.41) is 6.47. The van der Waals surface area contributed by atoms with E-state index < -0.39 is 0 Å². The van der Waals surface area contributed by atoms with E-state index in [0.29, 0.717) is 6.54 Å². The van der Waals surface area contributed by atoms with Crippen molar-refractivity contribution < 1.29 is 9.21 Å². The first-order valence-electron chi connectivity index (χ1n) is 8.60. The topological polar surface area (TPSA) is 57.5 Å². The third-order valence-corrected chi connectivity index (χ3v) is 4.88. The van der Waals surface area contributed by atoms with Crippen molar-refractivity contribution in [1.82, 2.24) is 15.5 Å². The molecule has 2 N–H and O–H groups in total. The molecule has 1 aromatic heterocycles. The molecule has 0 aliphatic carbocycles. The number of furan rings is 1. The Kier molecular flexibility index (Phi) is 7.40. The van der Waals surface area contributed by atoms with Gasteiger partial charge in [-0.3, -0.25) is 9.69 Å². The van der Waals surface area contributed by atoms with Crippen molar-refractivity contribution in [1.29, 1.82) is 0 Å². The van der Waals surface area contributed by atoms with Crippen molar-refractivity contribution >= 4 is 18.3 Å². The van der Waals surface area contributed by atoms with Crippen molar-refractivity contribution in [3.63, 3.8) is 0 Å². The highest BCUT2D eigenvalue weighted by Gasteiger charge is 2.27. The Morgan fingerprint density at radius 3 is 2.70 bits per heavy atom. The Balaban J connectivity index is 0.00000192. The summed E-state index contributed by atoms with van der Waals surface area (Å²) >= 11 is 0. The summed E-state index contributed by atoms with van der Waals surface area (Å²) in [6.45, 7) is 4.73. The van der Waals surface area contributed by atoms with Crippen molar-refractivity contribution in [2.45, 2.75) is 38.1 Å². The summed E-state index contributed by atoms with van der Waals surface area (Å²) in [7, 11) is 0. The number of hydrogen-bond donors (Lipinski definition) is 2. The van der Waals surface area contributed by atoms with Crippen LogP contribution in [0.25, 0.3) is 0 Å². The molecule has 130 valence electrons. The molecule has 1 atom stereocenters. The molecule has 2 aliphatic rings. The van der Waals surface area contributed by atoms with Gasteiger partial charge in [-0.05, 0) is 64.0 Å². The predicted octanol–water partition coefficient (Wildman–Crippen LogP) is 2.34. The smallest absolute Gasteiger partial charge is 0.223 e. The minimum atomic E-state index is 0. The van der Waals surface area contributed by atoms with Gasteiger partial charge in [0.25, 0.3) is 0 Å². The molecular weight excluding hydrogens is 314 g/mol. The molecule has 0 spiro atoms. The van der Waals surface area contributed by atoms with Crippen LogP contribution in [0, 0.1) is 5.92 Å². The lowest BCUT2D eigenvalue weighted by Gasteiger charge is -2.34. The summed E-state index contributed by atoms with van der Waals surface area (Å²) in [6.07, 6.45) is 7.39. The molecular formula is C17H28ClN3O2. The van der Waals surface area contributed by atoms with Crippen LogP contribution in [0.15, 0.2) is 22.8 Å². The average molecular weight is 342 g/mol. The van der Waals surface area contributed by atoms with Crippen LogP contribution < -0.4 is 10.6 Å². The highest BCUT2D eigenvalue weighted by atomic mass is 35.5. The fraction of sp³-hybridized carbons (Fsp3) is 0.706. The van der Waals surface area contributed by atoms with E-state index >= 15 is 0 Å².